The predicted octanol–water partition coefficient (Wildman–Crippen LogP) is 2.41. The fourth-order valence-corrected chi connectivity index (χ4v) is 1.66. The van der Waals surface area contributed by atoms with E-state index >= 15 is 0 Å². The highest BCUT2D eigenvalue weighted by Gasteiger charge is 2.02. The summed E-state index contributed by atoms with van der Waals surface area (Å²) in [6.45, 7) is 1.73. The summed E-state index contributed by atoms with van der Waals surface area (Å²) in [5.41, 5.74) is 7.33. The van der Waals surface area contributed by atoms with Gasteiger partial charge in [0.2, 0.25) is 0 Å². The highest BCUT2D eigenvalue weighted by atomic mass is 35.5. The lowest BCUT2D eigenvalue weighted by molar-refractivity contribution is 1.09. The van der Waals surface area contributed by atoms with Gasteiger partial charge in [0.1, 0.15) is 5.82 Å². The maximum Gasteiger partial charge on any atom is 0.251 e. The van der Waals surface area contributed by atoms with E-state index in [0.717, 1.165) is 5.56 Å². The van der Waals surface area contributed by atoms with Crippen molar-refractivity contribution in [1.29, 1.82) is 0 Å². The van der Waals surface area contributed by atoms with Crippen molar-refractivity contribution in [2.45, 2.75) is 6.92 Å². The quantitative estimate of drug-likeness (QED) is 0.872. The van der Waals surface area contributed by atoms with Crippen LogP contribution in [0.2, 0.25) is 5.02 Å². The van der Waals surface area contributed by atoms with E-state index in [2.05, 4.69) is 9.97 Å². The van der Waals surface area contributed by atoms with Crippen molar-refractivity contribution < 1.29 is 0 Å². The maximum absolute atomic E-state index is 11.5. The number of benzene rings is 1. The van der Waals surface area contributed by atoms with E-state index in [0.29, 0.717) is 22.2 Å². The van der Waals surface area contributed by atoms with Gasteiger partial charge in [0.25, 0.3) is 5.56 Å². The molecule has 0 radical (unpaired) electrons. The summed E-state index contributed by atoms with van der Waals surface area (Å²) < 4.78 is 0. The topological polar surface area (TPSA) is 71.8 Å². The van der Waals surface area contributed by atoms with Gasteiger partial charge in [0, 0.05) is 22.3 Å². The summed E-state index contributed by atoms with van der Waals surface area (Å²) in [6.07, 6.45) is 1.61. The Kier molecular flexibility index (Phi) is 3.48. The Morgan fingerprint density at radius 1 is 1.39 bits per heavy atom. The number of nitrogens with one attached hydrogen (secondary N) is 1. The molecular formula is C13H12ClN3O. The molecule has 1 heterocycles. The summed E-state index contributed by atoms with van der Waals surface area (Å²) in [7, 11) is 0. The average molecular weight is 262 g/mol. The maximum atomic E-state index is 11.5. The number of halogens is 1. The second-order valence-electron chi connectivity index (χ2n) is 3.91. The second kappa shape index (κ2) is 5.06. The lowest BCUT2D eigenvalue weighted by atomic mass is 10.1. The van der Waals surface area contributed by atoms with Crippen LogP contribution in [0.4, 0.5) is 0 Å². The van der Waals surface area contributed by atoms with Crippen LogP contribution in [-0.2, 0) is 0 Å². The van der Waals surface area contributed by atoms with Crippen LogP contribution < -0.4 is 11.3 Å². The lowest BCUT2D eigenvalue weighted by Gasteiger charge is -2.02. The van der Waals surface area contributed by atoms with Crippen LogP contribution in [0.5, 0.6) is 0 Å². The third-order valence-electron chi connectivity index (χ3n) is 2.26. The number of H-pyrrole nitrogens is 1. The van der Waals surface area contributed by atoms with Crippen molar-refractivity contribution in [2.75, 3.05) is 0 Å². The van der Waals surface area contributed by atoms with Crippen molar-refractivity contribution in [3.8, 4) is 11.3 Å². The van der Waals surface area contributed by atoms with Crippen LogP contribution in [0.1, 0.15) is 12.7 Å². The summed E-state index contributed by atoms with van der Waals surface area (Å²) in [4.78, 5) is 18.5. The zero-order valence-corrected chi connectivity index (χ0v) is 10.5. The Hall–Kier alpha value is -2.07. The third kappa shape index (κ3) is 2.99. The van der Waals surface area contributed by atoms with Gasteiger partial charge in [-0.15, -0.1) is 0 Å². The smallest absolute Gasteiger partial charge is 0.251 e. The minimum Gasteiger partial charge on any atom is -0.402 e. The summed E-state index contributed by atoms with van der Waals surface area (Å²) in [6, 6.07) is 8.57. The molecule has 0 bridgehead atoms. The average Bonchev–Trinajstić information content (AvgIpc) is 2.28. The van der Waals surface area contributed by atoms with Crippen LogP contribution in [0.3, 0.4) is 0 Å². The zero-order chi connectivity index (χ0) is 13.1. The van der Waals surface area contributed by atoms with Crippen LogP contribution in [-0.4, -0.2) is 9.97 Å². The monoisotopic (exact) mass is 261 g/mol. The summed E-state index contributed by atoms with van der Waals surface area (Å²) in [5.74, 6) is 0.437. The molecule has 2 aromatic rings. The van der Waals surface area contributed by atoms with Gasteiger partial charge in [-0.05, 0) is 25.1 Å². The number of aromatic amines is 1. The lowest BCUT2D eigenvalue weighted by Crippen LogP contribution is -2.09. The van der Waals surface area contributed by atoms with Gasteiger partial charge in [0.15, 0.2) is 0 Å². The Bertz CT molecular complexity index is 640. The van der Waals surface area contributed by atoms with Gasteiger partial charge >= 0.3 is 0 Å². The number of hydrogen-bond donors (Lipinski definition) is 2. The van der Waals surface area contributed by atoms with E-state index in [9.17, 15) is 4.79 Å². The van der Waals surface area contributed by atoms with Crippen molar-refractivity contribution in [1.82, 2.24) is 9.97 Å². The van der Waals surface area contributed by atoms with Gasteiger partial charge in [-0.1, -0.05) is 23.7 Å². The second-order valence-corrected chi connectivity index (χ2v) is 4.35. The molecular weight excluding hydrogens is 250 g/mol. The van der Waals surface area contributed by atoms with E-state index in [4.69, 9.17) is 17.3 Å². The Balaban J connectivity index is 2.51. The Morgan fingerprint density at radius 2 is 2.06 bits per heavy atom. The van der Waals surface area contributed by atoms with E-state index in [1.165, 1.54) is 6.07 Å². The Labute approximate surface area is 109 Å². The molecule has 0 unspecified atom stereocenters. The SMILES string of the molecule is CC(N)=Cc1nc(-c2ccc(Cl)cc2)cc(=O)[nH]1. The molecule has 1 aromatic carbocycles. The van der Waals surface area contributed by atoms with Crippen molar-refractivity contribution in [3.63, 3.8) is 0 Å². The standard InChI is InChI=1S/C13H12ClN3O/c1-8(15)6-12-16-11(7-13(18)17-12)9-2-4-10(14)5-3-9/h2-7H,15H2,1H3,(H,16,17,18). The Morgan fingerprint density at radius 3 is 2.67 bits per heavy atom. The van der Waals surface area contributed by atoms with Gasteiger partial charge in [-0.2, -0.15) is 0 Å². The van der Waals surface area contributed by atoms with Crippen LogP contribution >= 0.6 is 11.6 Å². The van der Waals surface area contributed by atoms with Crippen molar-refractivity contribution in [3.05, 3.63) is 57.2 Å². The molecule has 0 aliphatic heterocycles. The van der Waals surface area contributed by atoms with Gasteiger partial charge in [0.05, 0.1) is 5.69 Å². The van der Waals surface area contributed by atoms with E-state index in [1.54, 1.807) is 25.1 Å². The molecule has 0 fully saturated rings. The molecule has 3 N–H and O–H groups in total. The van der Waals surface area contributed by atoms with Gasteiger partial charge < -0.3 is 10.7 Å². The first kappa shape index (κ1) is 12.4. The molecule has 4 nitrogen and oxygen atoms in total. The molecule has 18 heavy (non-hydrogen) atoms. The molecule has 92 valence electrons. The third-order valence-corrected chi connectivity index (χ3v) is 2.52. The molecule has 0 atom stereocenters. The highest BCUT2D eigenvalue weighted by Crippen LogP contribution is 2.18. The number of aromatic nitrogens is 2. The van der Waals surface area contributed by atoms with Crippen molar-refractivity contribution >= 4 is 17.7 Å². The summed E-state index contributed by atoms with van der Waals surface area (Å²) >= 11 is 5.82. The van der Waals surface area contributed by atoms with Crippen LogP contribution in [0.25, 0.3) is 17.3 Å². The van der Waals surface area contributed by atoms with Crippen molar-refractivity contribution in [2.24, 2.45) is 5.73 Å². The molecule has 0 amide bonds. The number of nitrogens with zero attached hydrogens (tertiary/aromatic N) is 1. The van der Waals surface area contributed by atoms with Gasteiger partial charge in [-0.25, -0.2) is 4.98 Å². The first-order chi connectivity index (χ1) is 8.54. The van der Waals surface area contributed by atoms with E-state index in [-0.39, 0.29) is 5.56 Å². The molecule has 0 spiro atoms. The molecule has 0 aliphatic carbocycles. The number of hydrogen-bond acceptors (Lipinski definition) is 3. The summed E-state index contributed by atoms with van der Waals surface area (Å²) in [5, 5.41) is 0.640. The highest BCUT2D eigenvalue weighted by molar-refractivity contribution is 6.30. The molecule has 2 rings (SSSR count). The van der Waals surface area contributed by atoms with E-state index < -0.39 is 0 Å². The fraction of sp³-hybridized carbons (Fsp3) is 0.0769. The number of rotatable bonds is 2. The molecule has 5 heteroatoms. The zero-order valence-electron chi connectivity index (χ0n) is 9.77. The first-order valence-electron chi connectivity index (χ1n) is 5.36. The number of allylic oxidation sites excluding steroid dienone is 1. The fourth-order valence-electron chi connectivity index (χ4n) is 1.53. The largest absolute Gasteiger partial charge is 0.402 e. The minimum absolute atomic E-state index is 0.220. The molecule has 0 saturated carbocycles. The first-order valence-corrected chi connectivity index (χ1v) is 5.73. The molecule has 0 aliphatic rings. The van der Waals surface area contributed by atoms with Gasteiger partial charge in [-0.3, -0.25) is 4.79 Å². The van der Waals surface area contributed by atoms with Crippen LogP contribution in [0, 0.1) is 0 Å². The van der Waals surface area contributed by atoms with Crippen LogP contribution in [0.15, 0.2) is 40.8 Å². The minimum atomic E-state index is -0.220. The normalized spacial score (nSPS) is 11.6. The number of nitrogens with two attached hydrogens (primary N) is 1. The van der Waals surface area contributed by atoms with E-state index in [1.807, 2.05) is 12.1 Å². The molecule has 1 aromatic heterocycles. The molecule has 0 saturated heterocycles. The predicted molar refractivity (Wildman–Crippen MR) is 73.1 cm³/mol.